The van der Waals surface area contributed by atoms with Gasteiger partial charge in [0.05, 0.1) is 19.9 Å². The van der Waals surface area contributed by atoms with E-state index in [1.807, 2.05) is 43.3 Å². The van der Waals surface area contributed by atoms with Crippen LogP contribution in [0.1, 0.15) is 37.8 Å². The third kappa shape index (κ3) is 6.18. The van der Waals surface area contributed by atoms with Gasteiger partial charge in [0.2, 0.25) is 0 Å². The van der Waals surface area contributed by atoms with Crippen molar-refractivity contribution in [3.05, 3.63) is 65.9 Å². The Labute approximate surface area is 184 Å². The second kappa shape index (κ2) is 11.3. The maximum atomic E-state index is 5.67. The van der Waals surface area contributed by atoms with Crippen LogP contribution >= 0.6 is 0 Å². The predicted octanol–water partition coefficient (Wildman–Crippen LogP) is 5.30. The van der Waals surface area contributed by atoms with Crippen LogP contribution < -0.4 is 14.8 Å². The molecule has 0 saturated heterocycles. The van der Waals surface area contributed by atoms with Gasteiger partial charge in [0, 0.05) is 18.7 Å². The molecule has 1 heterocycles. The predicted molar refractivity (Wildman–Crippen MR) is 124 cm³/mol. The molecule has 1 aromatic heterocycles. The van der Waals surface area contributed by atoms with E-state index in [9.17, 15) is 0 Å². The van der Waals surface area contributed by atoms with E-state index in [2.05, 4.69) is 36.3 Å². The first kappa shape index (κ1) is 22.6. The third-order valence-corrected chi connectivity index (χ3v) is 4.88. The number of anilines is 1. The molecule has 0 spiro atoms. The molecule has 0 bridgehead atoms. The second-order valence-corrected chi connectivity index (χ2v) is 7.40. The number of rotatable bonds is 11. The number of hydrogen-bond acceptors (Lipinski definition) is 6. The molecule has 0 unspecified atom stereocenters. The fourth-order valence-electron chi connectivity index (χ4n) is 3.23. The summed E-state index contributed by atoms with van der Waals surface area (Å²) in [5.74, 6) is 3.18. The van der Waals surface area contributed by atoms with Crippen molar-refractivity contribution in [1.82, 2.24) is 9.97 Å². The molecule has 0 saturated carbocycles. The maximum Gasteiger partial charge on any atom is 0.179 e. The van der Waals surface area contributed by atoms with E-state index in [0.717, 1.165) is 16.9 Å². The van der Waals surface area contributed by atoms with Crippen LogP contribution in [0.4, 0.5) is 5.82 Å². The molecule has 2 aromatic carbocycles. The zero-order valence-electron chi connectivity index (χ0n) is 18.7. The minimum Gasteiger partial charge on any atom is -0.491 e. The Morgan fingerprint density at radius 1 is 1.00 bits per heavy atom. The van der Waals surface area contributed by atoms with Gasteiger partial charge >= 0.3 is 0 Å². The average molecular weight is 422 g/mol. The van der Waals surface area contributed by atoms with Crippen LogP contribution in [-0.2, 0) is 11.3 Å². The lowest BCUT2D eigenvalue weighted by atomic mass is 9.97. The van der Waals surface area contributed by atoms with E-state index in [1.165, 1.54) is 5.56 Å². The van der Waals surface area contributed by atoms with E-state index >= 15 is 0 Å². The van der Waals surface area contributed by atoms with E-state index in [0.29, 0.717) is 49.7 Å². The fourth-order valence-corrected chi connectivity index (χ4v) is 3.23. The molecule has 0 amide bonds. The number of nitrogens with zero attached hydrogens (tertiary/aromatic N) is 2. The summed E-state index contributed by atoms with van der Waals surface area (Å²) in [6.45, 7) is 8.76. The summed E-state index contributed by atoms with van der Waals surface area (Å²) in [4.78, 5) is 9.29. The van der Waals surface area contributed by atoms with E-state index in [-0.39, 0.29) is 0 Å². The van der Waals surface area contributed by atoms with Crippen LogP contribution in [0.15, 0.2) is 54.7 Å². The van der Waals surface area contributed by atoms with Crippen LogP contribution in [0.3, 0.4) is 0 Å². The Bertz CT molecular complexity index is 958. The lowest BCUT2D eigenvalue weighted by molar-refractivity contribution is 0.110. The van der Waals surface area contributed by atoms with E-state index in [1.54, 1.807) is 13.3 Å². The SMILES string of the molecule is CCOCCOc1ccc(CNc2nc(-c3ccccc3C(C)C)ncc2OC)cc1. The minimum absolute atomic E-state index is 0.382. The number of nitrogens with one attached hydrogen (secondary N) is 1. The molecule has 31 heavy (non-hydrogen) atoms. The third-order valence-electron chi connectivity index (χ3n) is 4.88. The molecule has 0 radical (unpaired) electrons. The van der Waals surface area contributed by atoms with Gasteiger partial charge in [-0.15, -0.1) is 0 Å². The van der Waals surface area contributed by atoms with Gasteiger partial charge in [0.15, 0.2) is 17.4 Å². The van der Waals surface area contributed by atoms with Crippen LogP contribution in [-0.4, -0.2) is 36.9 Å². The van der Waals surface area contributed by atoms with Crippen molar-refractivity contribution in [2.75, 3.05) is 32.2 Å². The van der Waals surface area contributed by atoms with E-state index < -0.39 is 0 Å². The van der Waals surface area contributed by atoms with Crippen LogP contribution in [0, 0.1) is 0 Å². The van der Waals surface area contributed by atoms with Gasteiger partial charge in [-0.05, 0) is 36.1 Å². The van der Waals surface area contributed by atoms with Crippen LogP contribution in [0.2, 0.25) is 0 Å². The van der Waals surface area contributed by atoms with Crippen molar-refractivity contribution in [2.24, 2.45) is 0 Å². The van der Waals surface area contributed by atoms with Crippen LogP contribution in [0.25, 0.3) is 11.4 Å². The topological polar surface area (TPSA) is 65.5 Å². The highest BCUT2D eigenvalue weighted by atomic mass is 16.5. The zero-order chi connectivity index (χ0) is 22.1. The van der Waals surface area contributed by atoms with Gasteiger partial charge in [0.25, 0.3) is 0 Å². The van der Waals surface area contributed by atoms with Crippen molar-refractivity contribution < 1.29 is 14.2 Å². The lowest BCUT2D eigenvalue weighted by Gasteiger charge is -2.15. The molecule has 1 N–H and O–H groups in total. The second-order valence-electron chi connectivity index (χ2n) is 7.40. The molecular formula is C25H31N3O3. The summed E-state index contributed by atoms with van der Waals surface area (Å²) in [6, 6.07) is 16.2. The largest absolute Gasteiger partial charge is 0.491 e. The molecule has 3 rings (SSSR count). The normalized spacial score (nSPS) is 10.9. The Kier molecular flexibility index (Phi) is 8.24. The first-order valence-electron chi connectivity index (χ1n) is 10.7. The standard InChI is InChI=1S/C25H31N3O3/c1-5-30-14-15-31-20-12-10-19(11-13-20)16-26-25-23(29-4)17-27-24(28-25)22-9-7-6-8-21(22)18(2)3/h6-13,17-18H,5,14-16H2,1-4H3,(H,26,27,28). The summed E-state index contributed by atoms with van der Waals surface area (Å²) in [7, 11) is 1.62. The summed E-state index contributed by atoms with van der Waals surface area (Å²) in [5.41, 5.74) is 3.37. The monoisotopic (exact) mass is 421 g/mol. The Morgan fingerprint density at radius 3 is 2.48 bits per heavy atom. The minimum atomic E-state index is 0.382. The van der Waals surface area contributed by atoms with Gasteiger partial charge in [-0.25, -0.2) is 9.97 Å². The highest BCUT2D eigenvalue weighted by Crippen LogP contribution is 2.30. The van der Waals surface area contributed by atoms with Crippen molar-refractivity contribution in [3.8, 4) is 22.9 Å². The molecule has 3 aromatic rings. The van der Waals surface area contributed by atoms with Gasteiger partial charge in [-0.1, -0.05) is 50.2 Å². The van der Waals surface area contributed by atoms with Gasteiger partial charge in [-0.3, -0.25) is 0 Å². The molecule has 6 heteroatoms. The number of benzene rings is 2. The summed E-state index contributed by atoms with van der Waals surface area (Å²) < 4.78 is 16.4. The maximum absolute atomic E-state index is 5.67. The molecule has 0 fully saturated rings. The summed E-state index contributed by atoms with van der Waals surface area (Å²) >= 11 is 0. The summed E-state index contributed by atoms with van der Waals surface area (Å²) in [5, 5.41) is 3.38. The highest BCUT2D eigenvalue weighted by molar-refractivity contribution is 5.64. The van der Waals surface area contributed by atoms with Gasteiger partial charge in [0.1, 0.15) is 12.4 Å². The van der Waals surface area contributed by atoms with Crippen molar-refractivity contribution in [3.63, 3.8) is 0 Å². The molecule has 0 atom stereocenters. The zero-order valence-corrected chi connectivity index (χ0v) is 18.7. The van der Waals surface area contributed by atoms with Crippen molar-refractivity contribution >= 4 is 5.82 Å². The Hall–Kier alpha value is -3.12. The Morgan fingerprint density at radius 2 is 1.77 bits per heavy atom. The number of ether oxygens (including phenoxy) is 3. The first-order chi connectivity index (χ1) is 15.1. The molecule has 164 valence electrons. The quantitative estimate of drug-likeness (QED) is 0.424. The smallest absolute Gasteiger partial charge is 0.179 e. The molecular weight excluding hydrogens is 390 g/mol. The Balaban J connectivity index is 1.71. The fraction of sp³-hybridized carbons (Fsp3) is 0.360. The number of hydrogen-bond donors (Lipinski definition) is 1. The lowest BCUT2D eigenvalue weighted by Crippen LogP contribution is -2.07. The van der Waals surface area contributed by atoms with Gasteiger partial charge in [-0.2, -0.15) is 0 Å². The van der Waals surface area contributed by atoms with Crippen LogP contribution in [0.5, 0.6) is 11.5 Å². The van der Waals surface area contributed by atoms with E-state index in [4.69, 9.17) is 19.2 Å². The first-order valence-corrected chi connectivity index (χ1v) is 10.7. The average Bonchev–Trinajstić information content (AvgIpc) is 2.81. The number of aromatic nitrogens is 2. The summed E-state index contributed by atoms with van der Waals surface area (Å²) in [6.07, 6.45) is 1.72. The molecule has 6 nitrogen and oxygen atoms in total. The highest BCUT2D eigenvalue weighted by Gasteiger charge is 2.13. The van der Waals surface area contributed by atoms with Crippen molar-refractivity contribution in [1.29, 1.82) is 0 Å². The molecule has 0 aliphatic rings. The van der Waals surface area contributed by atoms with Crippen molar-refractivity contribution in [2.45, 2.75) is 33.2 Å². The molecule has 0 aliphatic heterocycles. The number of methoxy groups -OCH3 is 1. The molecule has 0 aliphatic carbocycles. The van der Waals surface area contributed by atoms with Gasteiger partial charge < -0.3 is 19.5 Å².